The van der Waals surface area contributed by atoms with Crippen LogP contribution in [0.25, 0.3) is 5.69 Å². The molecule has 2 aromatic rings. The summed E-state index contributed by atoms with van der Waals surface area (Å²) in [5, 5.41) is 11.1. The van der Waals surface area contributed by atoms with E-state index in [0.29, 0.717) is 13.1 Å². The zero-order valence-corrected chi connectivity index (χ0v) is 20.3. The number of para-hydroxylation sites is 1. The minimum absolute atomic E-state index is 0. The fourth-order valence-electron chi connectivity index (χ4n) is 2.97. The molecule has 0 atom stereocenters. The van der Waals surface area contributed by atoms with Gasteiger partial charge in [0.1, 0.15) is 5.60 Å². The van der Waals surface area contributed by atoms with Crippen molar-refractivity contribution in [1.29, 1.82) is 0 Å². The Balaban J connectivity index is 0.00000320. The van der Waals surface area contributed by atoms with Crippen LogP contribution in [0.1, 0.15) is 26.3 Å². The Morgan fingerprint density at radius 2 is 1.97 bits per heavy atom. The first-order chi connectivity index (χ1) is 13.8. The van der Waals surface area contributed by atoms with Crippen LogP contribution in [0.2, 0.25) is 0 Å². The average Bonchev–Trinajstić information content (AvgIpc) is 3.11. The van der Waals surface area contributed by atoms with Gasteiger partial charge in [0, 0.05) is 32.9 Å². The maximum Gasteiger partial charge on any atom is 0.410 e. The number of aliphatic imine (C=N–C) groups is 1. The monoisotopic (exact) mass is 526 g/mol. The third-order valence-corrected chi connectivity index (χ3v) is 4.46. The quantitative estimate of drug-likeness (QED) is 0.356. The van der Waals surface area contributed by atoms with Crippen molar-refractivity contribution < 1.29 is 9.53 Å². The van der Waals surface area contributed by atoms with Crippen LogP contribution in [0.15, 0.2) is 47.7 Å². The summed E-state index contributed by atoms with van der Waals surface area (Å²) < 4.78 is 7.25. The van der Waals surface area contributed by atoms with E-state index in [4.69, 9.17) is 4.74 Å². The molecule has 0 radical (unpaired) electrons. The number of benzene rings is 1. The first kappa shape index (κ1) is 24.0. The number of halogens is 1. The third kappa shape index (κ3) is 6.89. The molecule has 0 unspecified atom stereocenters. The van der Waals surface area contributed by atoms with Gasteiger partial charge in [-0.15, -0.1) is 24.0 Å². The molecule has 0 aliphatic carbocycles. The van der Waals surface area contributed by atoms with Crippen LogP contribution < -0.4 is 10.6 Å². The Hall–Kier alpha value is -2.30. The van der Waals surface area contributed by atoms with E-state index in [0.717, 1.165) is 30.2 Å². The molecule has 1 aliphatic heterocycles. The van der Waals surface area contributed by atoms with Gasteiger partial charge in [-0.2, -0.15) is 5.10 Å². The lowest BCUT2D eigenvalue weighted by Gasteiger charge is -2.40. The molecule has 1 amide bonds. The molecule has 1 aromatic carbocycles. The molecule has 30 heavy (non-hydrogen) atoms. The van der Waals surface area contributed by atoms with Crippen LogP contribution in [0, 0.1) is 0 Å². The largest absolute Gasteiger partial charge is 0.444 e. The Kier molecular flexibility index (Phi) is 8.51. The fraction of sp³-hybridized carbons (Fsp3) is 0.476. The van der Waals surface area contributed by atoms with E-state index in [1.807, 2.05) is 68.2 Å². The second kappa shape index (κ2) is 10.6. The summed E-state index contributed by atoms with van der Waals surface area (Å²) >= 11 is 0. The second-order valence-corrected chi connectivity index (χ2v) is 8.10. The summed E-state index contributed by atoms with van der Waals surface area (Å²) in [6, 6.07) is 10.2. The Labute approximate surface area is 195 Å². The number of likely N-dealkylation sites (tertiary alicyclic amines) is 1. The van der Waals surface area contributed by atoms with Gasteiger partial charge >= 0.3 is 6.09 Å². The van der Waals surface area contributed by atoms with E-state index in [9.17, 15) is 4.79 Å². The molecule has 2 N–H and O–H groups in total. The standard InChI is InChI=1S/C21H30N6O2.HI/c1-21(2,3)29-20(28)26-14-17(15-26)25-19(22-4)23-11-10-16-12-24-27(13-16)18-8-6-5-7-9-18;/h5-9,12-13,17H,10-11,14-15H2,1-4H3,(H2,22,23,25);1H. The van der Waals surface area contributed by atoms with Crippen molar-refractivity contribution >= 4 is 36.0 Å². The highest BCUT2D eigenvalue weighted by Gasteiger charge is 2.34. The van der Waals surface area contributed by atoms with E-state index >= 15 is 0 Å². The Morgan fingerprint density at radius 3 is 2.60 bits per heavy atom. The van der Waals surface area contributed by atoms with E-state index in [-0.39, 0.29) is 36.1 Å². The van der Waals surface area contributed by atoms with E-state index in [2.05, 4.69) is 20.7 Å². The summed E-state index contributed by atoms with van der Waals surface area (Å²) in [7, 11) is 1.74. The van der Waals surface area contributed by atoms with Crippen LogP contribution in [-0.4, -0.2) is 65.1 Å². The lowest BCUT2D eigenvalue weighted by molar-refractivity contribution is 0.00701. The van der Waals surface area contributed by atoms with Crippen LogP contribution in [0.5, 0.6) is 0 Å². The summed E-state index contributed by atoms with van der Waals surface area (Å²) in [6.45, 7) is 7.57. The molecule has 164 valence electrons. The minimum Gasteiger partial charge on any atom is -0.444 e. The van der Waals surface area contributed by atoms with Gasteiger partial charge in [-0.3, -0.25) is 4.99 Å². The van der Waals surface area contributed by atoms with Gasteiger partial charge in [0.05, 0.1) is 17.9 Å². The number of hydrogen-bond acceptors (Lipinski definition) is 4. The number of hydrogen-bond donors (Lipinski definition) is 2. The highest BCUT2D eigenvalue weighted by molar-refractivity contribution is 14.0. The predicted molar refractivity (Wildman–Crippen MR) is 129 cm³/mol. The van der Waals surface area contributed by atoms with Gasteiger partial charge in [0.2, 0.25) is 0 Å². The van der Waals surface area contributed by atoms with Gasteiger partial charge in [0.25, 0.3) is 0 Å². The van der Waals surface area contributed by atoms with Gasteiger partial charge in [-0.1, -0.05) is 18.2 Å². The number of aromatic nitrogens is 2. The zero-order valence-electron chi connectivity index (χ0n) is 18.0. The molecule has 1 fully saturated rings. The molecule has 0 spiro atoms. The summed E-state index contributed by atoms with van der Waals surface area (Å²) in [6.07, 6.45) is 4.49. The van der Waals surface area contributed by atoms with Crippen molar-refractivity contribution in [2.45, 2.75) is 38.8 Å². The van der Waals surface area contributed by atoms with E-state index in [1.165, 1.54) is 0 Å². The molecule has 1 aliphatic rings. The first-order valence-electron chi connectivity index (χ1n) is 9.88. The average molecular weight is 526 g/mol. The number of carbonyl (C=O) groups excluding carboxylic acids is 1. The number of ether oxygens (including phenoxy) is 1. The van der Waals surface area contributed by atoms with Gasteiger partial charge < -0.3 is 20.3 Å². The number of rotatable bonds is 5. The number of amides is 1. The van der Waals surface area contributed by atoms with Crippen molar-refractivity contribution in [3.63, 3.8) is 0 Å². The van der Waals surface area contributed by atoms with Crippen LogP contribution in [-0.2, 0) is 11.2 Å². The molecule has 0 bridgehead atoms. The molecule has 0 saturated carbocycles. The fourth-order valence-corrected chi connectivity index (χ4v) is 2.97. The van der Waals surface area contributed by atoms with Crippen molar-refractivity contribution in [3.05, 3.63) is 48.3 Å². The molecular weight excluding hydrogens is 495 g/mol. The maximum absolute atomic E-state index is 12.0. The molecule has 1 saturated heterocycles. The SMILES string of the molecule is CN=C(NCCc1cnn(-c2ccccc2)c1)NC1CN(C(=O)OC(C)(C)C)C1.I. The van der Waals surface area contributed by atoms with Crippen molar-refractivity contribution in [2.24, 2.45) is 4.99 Å². The predicted octanol–water partition coefficient (Wildman–Crippen LogP) is 2.82. The first-order valence-corrected chi connectivity index (χ1v) is 9.88. The van der Waals surface area contributed by atoms with Crippen molar-refractivity contribution in [2.75, 3.05) is 26.7 Å². The molecule has 9 heteroatoms. The third-order valence-electron chi connectivity index (χ3n) is 4.46. The van der Waals surface area contributed by atoms with Crippen LogP contribution in [0.4, 0.5) is 4.79 Å². The maximum atomic E-state index is 12.0. The van der Waals surface area contributed by atoms with Crippen LogP contribution >= 0.6 is 24.0 Å². The lowest BCUT2D eigenvalue weighted by Crippen LogP contribution is -2.63. The Bertz CT molecular complexity index is 841. The van der Waals surface area contributed by atoms with Gasteiger partial charge in [-0.25, -0.2) is 9.48 Å². The lowest BCUT2D eigenvalue weighted by atomic mass is 10.1. The summed E-state index contributed by atoms with van der Waals surface area (Å²) in [5.41, 5.74) is 1.72. The van der Waals surface area contributed by atoms with Gasteiger partial charge in [-0.05, 0) is 44.9 Å². The summed E-state index contributed by atoms with van der Waals surface area (Å²) in [5.74, 6) is 0.731. The minimum atomic E-state index is -0.471. The Morgan fingerprint density at radius 1 is 1.27 bits per heavy atom. The van der Waals surface area contributed by atoms with E-state index in [1.54, 1.807) is 11.9 Å². The normalized spacial score (nSPS) is 14.5. The molecule has 3 rings (SSSR count). The number of carbonyl (C=O) groups is 1. The van der Waals surface area contributed by atoms with Crippen LogP contribution in [0.3, 0.4) is 0 Å². The molecule has 2 heterocycles. The van der Waals surface area contributed by atoms with E-state index < -0.39 is 5.60 Å². The number of guanidine groups is 1. The van der Waals surface area contributed by atoms with Crippen molar-refractivity contribution in [3.8, 4) is 5.69 Å². The van der Waals surface area contributed by atoms with Gasteiger partial charge in [0.15, 0.2) is 5.96 Å². The smallest absolute Gasteiger partial charge is 0.410 e. The highest BCUT2D eigenvalue weighted by atomic mass is 127. The molecular formula is C21H31IN6O2. The summed E-state index contributed by atoms with van der Waals surface area (Å²) in [4.78, 5) is 17.9. The zero-order chi connectivity index (χ0) is 20.9. The van der Waals surface area contributed by atoms with Crippen molar-refractivity contribution in [1.82, 2.24) is 25.3 Å². The molecule has 1 aromatic heterocycles. The number of nitrogens with zero attached hydrogens (tertiary/aromatic N) is 4. The highest BCUT2D eigenvalue weighted by Crippen LogP contribution is 2.15. The molecule has 8 nitrogen and oxygen atoms in total. The second-order valence-electron chi connectivity index (χ2n) is 8.10. The number of nitrogens with one attached hydrogen (secondary N) is 2. The topological polar surface area (TPSA) is 83.8 Å².